The van der Waals surface area contributed by atoms with Crippen molar-refractivity contribution in [3.63, 3.8) is 0 Å². The SMILES string of the molecule is Cc1cc(C)c(C(CN)N2C[C@@H](C)O[C@@H](C)C2)cc1C. The van der Waals surface area contributed by atoms with E-state index < -0.39 is 0 Å². The highest BCUT2D eigenvalue weighted by atomic mass is 16.5. The summed E-state index contributed by atoms with van der Waals surface area (Å²) in [6, 6.07) is 4.89. The summed E-state index contributed by atoms with van der Waals surface area (Å²) in [6.45, 7) is 13.4. The Morgan fingerprint density at radius 3 is 2.20 bits per heavy atom. The molecule has 2 N–H and O–H groups in total. The molecule has 3 heteroatoms. The number of benzene rings is 1. The highest BCUT2D eigenvalue weighted by molar-refractivity contribution is 5.38. The molecular formula is C17H28N2O. The van der Waals surface area contributed by atoms with Crippen LogP contribution in [0, 0.1) is 20.8 Å². The zero-order valence-electron chi connectivity index (χ0n) is 13.4. The second kappa shape index (κ2) is 6.25. The molecule has 1 aliphatic heterocycles. The number of ether oxygens (including phenoxy) is 1. The average Bonchev–Trinajstić information content (AvgIpc) is 2.35. The summed E-state index contributed by atoms with van der Waals surface area (Å²) in [7, 11) is 0. The van der Waals surface area contributed by atoms with E-state index in [1.54, 1.807) is 0 Å². The molecule has 0 radical (unpaired) electrons. The predicted molar refractivity (Wildman–Crippen MR) is 84.0 cm³/mol. The van der Waals surface area contributed by atoms with E-state index in [4.69, 9.17) is 10.5 Å². The van der Waals surface area contributed by atoms with Gasteiger partial charge in [-0.1, -0.05) is 12.1 Å². The van der Waals surface area contributed by atoms with E-state index in [1.807, 2.05) is 0 Å². The Morgan fingerprint density at radius 2 is 1.65 bits per heavy atom. The van der Waals surface area contributed by atoms with Gasteiger partial charge in [0.25, 0.3) is 0 Å². The Bertz CT molecular complexity index is 462. The fraction of sp³-hybridized carbons (Fsp3) is 0.647. The van der Waals surface area contributed by atoms with Crippen LogP contribution < -0.4 is 5.73 Å². The fourth-order valence-corrected chi connectivity index (χ4v) is 3.29. The van der Waals surface area contributed by atoms with E-state index in [1.165, 1.54) is 22.3 Å². The van der Waals surface area contributed by atoms with Crippen LogP contribution in [0.25, 0.3) is 0 Å². The molecule has 1 saturated heterocycles. The molecule has 3 atom stereocenters. The quantitative estimate of drug-likeness (QED) is 0.922. The first-order chi connectivity index (χ1) is 9.42. The molecular weight excluding hydrogens is 248 g/mol. The van der Waals surface area contributed by atoms with Gasteiger partial charge in [-0.25, -0.2) is 0 Å². The molecule has 2 rings (SSSR count). The Balaban J connectivity index is 2.30. The maximum absolute atomic E-state index is 6.10. The lowest BCUT2D eigenvalue weighted by molar-refractivity contribution is -0.0800. The molecule has 0 spiro atoms. The number of nitrogens with zero attached hydrogens (tertiary/aromatic N) is 1. The summed E-state index contributed by atoms with van der Waals surface area (Å²) in [5.74, 6) is 0. The molecule has 1 aliphatic rings. The molecule has 1 unspecified atom stereocenters. The summed E-state index contributed by atoms with van der Waals surface area (Å²) in [6.07, 6.45) is 0.555. The number of nitrogens with two attached hydrogens (primary N) is 1. The van der Waals surface area contributed by atoms with Gasteiger partial charge in [0.15, 0.2) is 0 Å². The lowest BCUT2D eigenvalue weighted by Crippen LogP contribution is -2.48. The second-order valence-corrected chi connectivity index (χ2v) is 6.26. The van der Waals surface area contributed by atoms with Crippen molar-refractivity contribution < 1.29 is 4.74 Å². The van der Waals surface area contributed by atoms with Crippen molar-refractivity contribution >= 4 is 0 Å². The lowest BCUT2D eigenvalue weighted by Gasteiger charge is -2.40. The van der Waals surface area contributed by atoms with E-state index in [9.17, 15) is 0 Å². The maximum Gasteiger partial charge on any atom is 0.0678 e. The van der Waals surface area contributed by atoms with Gasteiger partial charge in [0.1, 0.15) is 0 Å². The molecule has 0 bridgehead atoms. The monoisotopic (exact) mass is 276 g/mol. The number of aryl methyl sites for hydroxylation is 3. The molecule has 20 heavy (non-hydrogen) atoms. The van der Waals surface area contributed by atoms with Gasteiger partial charge in [0, 0.05) is 25.7 Å². The first-order valence-corrected chi connectivity index (χ1v) is 7.59. The van der Waals surface area contributed by atoms with Crippen LogP contribution in [0.3, 0.4) is 0 Å². The van der Waals surface area contributed by atoms with Crippen molar-refractivity contribution in [3.05, 3.63) is 34.4 Å². The molecule has 0 aromatic heterocycles. The Morgan fingerprint density at radius 1 is 1.10 bits per heavy atom. The molecule has 0 saturated carbocycles. The van der Waals surface area contributed by atoms with Crippen LogP contribution >= 0.6 is 0 Å². The van der Waals surface area contributed by atoms with Crippen LogP contribution in [0.2, 0.25) is 0 Å². The van der Waals surface area contributed by atoms with Crippen LogP contribution in [-0.4, -0.2) is 36.7 Å². The minimum absolute atomic E-state index is 0.277. The Hall–Kier alpha value is -0.900. The van der Waals surface area contributed by atoms with Gasteiger partial charge < -0.3 is 10.5 Å². The number of morpholine rings is 1. The molecule has 112 valence electrons. The minimum Gasteiger partial charge on any atom is -0.373 e. The maximum atomic E-state index is 6.10. The molecule has 0 aliphatic carbocycles. The summed E-state index contributed by atoms with van der Waals surface area (Å²) >= 11 is 0. The van der Waals surface area contributed by atoms with Crippen LogP contribution in [0.1, 0.15) is 42.1 Å². The molecule has 1 heterocycles. The topological polar surface area (TPSA) is 38.5 Å². The van der Waals surface area contributed by atoms with Crippen LogP contribution in [-0.2, 0) is 4.74 Å². The Labute approximate surface area is 123 Å². The normalized spacial score (nSPS) is 25.7. The highest BCUT2D eigenvalue weighted by Crippen LogP contribution is 2.28. The zero-order chi connectivity index (χ0) is 14.9. The van der Waals surface area contributed by atoms with E-state index >= 15 is 0 Å². The van der Waals surface area contributed by atoms with Gasteiger partial charge >= 0.3 is 0 Å². The highest BCUT2D eigenvalue weighted by Gasteiger charge is 2.29. The van der Waals surface area contributed by atoms with Gasteiger partial charge in [-0.15, -0.1) is 0 Å². The third-order valence-corrected chi connectivity index (χ3v) is 4.35. The number of rotatable bonds is 3. The van der Waals surface area contributed by atoms with Crippen molar-refractivity contribution in [3.8, 4) is 0 Å². The van der Waals surface area contributed by atoms with Crippen LogP contribution in [0.5, 0.6) is 0 Å². The molecule has 0 amide bonds. The van der Waals surface area contributed by atoms with Crippen LogP contribution in [0.4, 0.5) is 0 Å². The molecule has 1 aromatic carbocycles. The van der Waals surface area contributed by atoms with Crippen molar-refractivity contribution in [2.45, 2.75) is 52.9 Å². The summed E-state index contributed by atoms with van der Waals surface area (Å²) in [5.41, 5.74) is 11.5. The van der Waals surface area contributed by atoms with Gasteiger partial charge in [0.2, 0.25) is 0 Å². The summed E-state index contributed by atoms with van der Waals surface area (Å²) < 4.78 is 5.84. The van der Waals surface area contributed by atoms with Crippen molar-refractivity contribution in [2.75, 3.05) is 19.6 Å². The molecule has 3 nitrogen and oxygen atoms in total. The third-order valence-electron chi connectivity index (χ3n) is 4.35. The third kappa shape index (κ3) is 3.22. The van der Waals surface area contributed by atoms with E-state index in [-0.39, 0.29) is 12.2 Å². The van der Waals surface area contributed by atoms with Crippen molar-refractivity contribution in [2.24, 2.45) is 5.73 Å². The van der Waals surface area contributed by atoms with Gasteiger partial charge in [-0.3, -0.25) is 4.90 Å². The van der Waals surface area contributed by atoms with E-state index in [0.717, 1.165) is 13.1 Å². The summed E-state index contributed by atoms with van der Waals surface area (Å²) in [4.78, 5) is 2.48. The smallest absolute Gasteiger partial charge is 0.0678 e. The molecule has 1 fully saturated rings. The number of hydrogen-bond acceptors (Lipinski definition) is 3. The summed E-state index contributed by atoms with van der Waals surface area (Å²) in [5, 5.41) is 0. The van der Waals surface area contributed by atoms with Crippen molar-refractivity contribution in [1.82, 2.24) is 4.90 Å². The van der Waals surface area contributed by atoms with Crippen LogP contribution in [0.15, 0.2) is 12.1 Å². The largest absolute Gasteiger partial charge is 0.373 e. The second-order valence-electron chi connectivity index (χ2n) is 6.26. The Kier molecular flexibility index (Phi) is 4.84. The first-order valence-electron chi connectivity index (χ1n) is 7.59. The minimum atomic E-state index is 0.277. The van der Waals surface area contributed by atoms with E-state index in [2.05, 4.69) is 51.7 Å². The van der Waals surface area contributed by atoms with Crippen molar-refractivity contribution in [1.29, 1.82) is 0 Å². The average molecular weight is 276 g/mol. The van der Waals surface area contributed by atoms with E-state index in [0.29, 0.717) is 12.6 Å². The molecule has 1 aromatic rings. The first kappa shape index (κ1) is 15.5. The van der Waals surface area contributed by atoms with Gasteiger partial charge in [-0.2, -0.15) is 0 Å². The number of hydrogen-bond donors (Lipinski definition) is 1. The predicted octanol–water partition coefficient (Wildman–Crippen LogP) is 2.72. The lowest BCUT2D eigenvalue weighted by atomic mass is 9.94. The van der Waals surface area contributed by atoms with Gasteiger partial charge in [0.05, 0.1) is 12.2 Å². The standard InChI is InChI=1S/C17H28N2O/c1-11-6-13(3)16(7-12(11)2)17(8-18)19-9-14(4)20-15(5)10-19/h6-7,14-15,17H,8-10,18H2,1-5H3/t14-,15+,17?. The zero-order valence-corrected chi connectivity index (χ0v) is 13.4. The fourth-order valence-electron chi connectivity index (χ4n) is 3.29. The van der Waals surface area contributed by atoms with Gasteiger partial charge in [-0.05, 0) is 56.9 Å².